The van der Waals surface area contributed by atoms with Crippen LogP contribution in [-0.2, 0) is 19.4 Å². The van der Waals surface area contributed by atoms with Crippen LogP contribution in [0.4, 0.5) is 0 Å². The van der Waals surface area contributed by atoms with Gasteiger partial charge in [-0.05, 0) is 50.7 Å². The number of hydrogen-bond donors (Lipinski definition) is 1. The van der Waals surface area contributed by atoms with E-state index in [1.165, 1.54) is 6.42 Å². The van der Waals surface area contributed by atoms with Crippen molar-refractivity contribution in [2.24, 2.45) is 0 Å². The predicted octanol–water partition coefficient (Wildman–Crippen LogP) is 2.95. The minimum Gasteiger partial charge on any atom is -0.337 e. The molecule has 7 nitrogen and oxygen atoms in total. The molecule has 1 saturated heterocycles. The van der Waals surface area contributed by atoms with Crippen molar-refractivity contribution in [2.45, 2.75) is 51.0 Å². The van der Waals surface area contributed by atoms with Crippen molar-refractivity contribution in [3.05, 3.63) is 65.3 Å². The van der Waals surface area contributed by atoms with E-state index in [9.17, 15) is 4.79 Å². The zero-order valence-electron chi connectivity index (χ0n) is 16.5. The van der Waals surface area contributed by atoms with E-state index < -0.39 is 0 Å². The van der Waals surface area contributed by atoms with E-state index in [0.717, 1.165) is 74.5 Å². The van der Waals surface area contributed by atoms with Crippen LogP contribution in [0.3, 0.4) is 0 Å². The molecule has 7 heteroatoms. The normalized spacial score (nSPS) is 17.3. The number of aromatic nitrogens is 5. The number of nitrogens with zero attached hydrogens (tertiary/aromatic N) is 5. The van der Waals surface area contributed by atoms with Gasteiger partial charge in [-0.3, -0.25) is 14.9 Å². The zero-order chi connectivity index (χ0) is 19.6. The fourth-order valence-corrected chi connectivity index (χ4v) is 4.63. The third kappa shape index (κ3) is 3.57. The summed E-state index contributed by atoms with van der Waals surface area (Å²) in [6.07, 6.45) is 11.9. The molecule has 0 unspecified atom stereocenters. The molecule has 3 aromatic rings. The first-order valence-corrected chi connectivity index (χ1v) is 10.6. The fraction of sp³-hybridized carbons (Fsp3) is 0.455. The van der Waals surface area contributed by atoms with Crippen LogP contribution in [0.1, 0.15) is 64.9 Å². The Morgan fingerprint density at radius 1 is 1.10 bits per heavy atom. The van der Waals surface area contributed by atoms with Gasteiger partial charge < -0.3 is 9.47 Å². The van der Waals surface area contributed by atoms with Gasteiger partial charge in [-0.2, -0.15) is 5.10 Å². The van der Waals surface area contributed by atoms with Gasteiger partial charge in [0.25, 0.3) is 5.91 Å². The van der Waals surface area contributed by atoms with Crippen LogP contribution < -0.4 is 0 Å². The van der Waals surface area contributed by atoms with Crippen molar-refractivity contribution in [3.8, 4) is 0 Å². The number of carbonyl (C=O) groups excluding carboxylic acids is 1. The van der Waals surface area contributed by atoms with E-state index in [1.54, 1.807) is 0 Å². The first-order chi connectivity index (χ1) is 14.3. The van der Waals surface area contributed by atoms with Crippen molar-refractivity contribution >= 4 is 5.91 Å². The van der Waals surface area contributed by atoms with Crippen molar-refractivity contribution in [2.75, 3.05) is 13.1 Å². The summed E-state index contributed by atoms with van der Waals surface area (Å²) in [4.78, 5) is 24.1. The monoisotopic (exact) mass is 390 g/mol. The van der Waals surface area contributed by atoms with Gasteiger partial charge in [-0.25, -0.2) is 4.98 Å². The summed E-state index contributed by atoms with van der Waals surface area (Å²) in [5.74, 6) is 1.55. The Morgan fingerprint density at radius 2 is 1.97 bits per heavy atom. The maximum atomic E-state index is 13.0. The van der Waals surface area contributed by atoms with Gasteiger partial charge in [0.1, 0.15) is 5.82 Å². The molecule has 1 fully saturated rings. The van der Waals surface area contributed by atoms with E-state index in [2.05, 4.69) is 24.7 Å². The van der Waals surface area contributed by atoms with Crippen molar-refractivity contribution in [1.82, 2.24) is 29.6 Å². The van der Waals surface area contributed by atoms with E-state index in [4.69, 9.17) is 0 Å². The van der Waals surface area contributed by atoms with Gasteiger partial charge >= 0.3 is 0 Å². The van der Waals surface area contributed by atoms with Crippen molar-refractivity contribution < 1.29 is 4.79 Å². The number of aryl methyl sites for hydroxylation is 1. The molecule has 0 atom stereocenters. The Hall–Kier alpha value is -2.96. The lowest BCUT2D eigenvalue weighted by Crippen LogP contribution is -2.39. The standard InChI is InChI=1S/C22H26N6O/c29-22(20-18-6-1-2-7-19(18)25-26-20)27-12-8-16(9-13-27)21-24-11-14-28(21)15-17-5-3-4-10-23-17/h3-5,10-11,14,16H,1-2,6-9,12-13,15H2,(H,25,26). The second-order valence-corrected chi connectivity index (χ2v) is 8.04. The first-order valence-electron chi connectivity index (χ1n) is 10.6. The Kier molecular flexibility index (Phi) is 4.87. The van der Waals surface area contributed by atoms with Crippen LogP contribution in [0, 0.1) is 0 Å². The Labute approximate surface area is 170 Å². The third-order valence-corrected chi connectivity index (χ3v) is 6.21. The maximum absolute atomic E-state index is 13.0. The molecule has 0 radical (unpaired) electrons. The number of pyridine rings is 1. The number of rotatable bonds is 4. The van der Waals surface area contributed by atoms with Crippen LogP contribution in [-0.4, -0.2) is 48.6 Å². The fourth-order valence-electron chi connectivity index (χ4n) is 4.63. The van der Waals surface area contributed by atoms with Gasteiger partial charge in [0.15, 0.2) is 5.69 Å². The molecule has 0 spiro atoms. The van der Waals surface area contributed by atoms with E-state index in [0.29, 0.717) is 11.6 Å². The van der Waals surface area contributed by atoms with Crippen molar-refractivity contribution in [1.29, 1.82) is 0 Å². The van der Waals surface area contributed by atoms with E-state index in [1.807, 2.05) is 41.7 Å². The SMILES string of the molecule is O=C(c1n[nH]c2c1CCCC2)N1CCC(c2nccn2Cc2ccccn2)CC1. The average molecular weight is 390 g/mol. The molecule has 1 N–H and O–H groups in total. The average Bonchev–Trinajstić information content (AvgIpc) is 3.41. The molecular weight excluding hydrogens is 364 g/mol. The maximum Gasteiger partial charge on any atom is 0.274 e. The Bertz CT molecular complexity index is 984. The van der Waals surface area contributed by atoms with Gasteiger partial charge in [0.2, 0.25) is 0 Å². The van der Waals surface area contributed by atoms with Crippen molar-refractivity contribution in [3.63, 3.8) is 0 Å². The predicted molar refractivity (Wildman–Crippen MR) is 109 cm³/mol. The van der Waals surface area contributed by atoms with Crippen LogP contribution in [0.25, 0.3) is 0 Å². The molecule has 4 heterocycles. The molecule has 3 aromatic heterocycles. The highest BCUT2D eigenvalue weighted by molar-refractivity contribution is 5.94. The summed E-state index contributed by atoms with van der Waals surface area (Å²) in [5.41, 5.74) is 3.98. The number of imidazole rings is 1. The van der Waals surface area contributed by atoms with Crippen LogP contribution in [0.5, 0.6) is 0 Å². The molecule has 0 bridgehead atoms. The number of nitrogens with one attached hydrogen (secondary N) is 1. The lowest BCUT2D eigenvalue weighted by atomic mass is 9.93. The molecular formula is C22H26N6O. The zero-order valence-corrected chi connectivity index (χ0v) is 16.5. The number of H-pyrrole nitrogens is 1. The van der Waals surface area contributed by atoms with E-state index >= 15 is 0 Å². The topological polar surface area (TPSA) is 79.7 Å². The number of aromatic amines is 1. The number of amides is 1. The second kappa shape index (κ2) is 7.81. The quantitative estimate of drug-likeness (QED) is 0.743. The number of likely N-dealkylation sites (tertiary alicyclic amines) is 1. The summed E-state index contributed by atoms with van der Waals surface area (Å²) in [7, 11) is 0. The molecule has 1 aliphatic carbocycles. The lowest BCUT2D eigenvalue weighted by Gasteiger charge is -2.31. The molecule has 1 aliphatic heterocycles. The smallest absolute Gasteiger partial charge is 0.274 e. The van der Waals surface area contributed by atoms with Crippen LogP contribution in [0.15, 0.2) is 36.8 Å². The van der Waals surface area contributed by atoms with Gasteiger partial charge in [0, 0.05) is 48.9 Å². The molecule has 0 saturated carbocycles. The summed E-state index contributed by atoms with van der Waals surface area (Å²) in [5, 5.41) is 7.45. The highest BCUT2D eigenvalue weighted by atomic mass is 16.2. The molecule has 0 aromatic carbocycles. The summed E-state index contributed by atoms with van der Waals surface area (Å²) < 4.78 is 2.19. The number of piperidine rings is 1. The second-order valence-electron chi connectivity index (χ2n) is 8.04. The van der Waals surface area contributed by atoms with E-state index in [-0.39, 0.29) is 5.91 Å². The third-order valence-electron chi connectivity index (χ3n) is 6.21. The summed E-state index contributed by atoms with van der Waals surface area (Å²) >= 11 is 0. The number of carbonyl (C=O) groups is 1. The Morgan fingerprint density at radius 3 is 2.79 bits per heavy atom. The minimum atomic E-state index is 0.0830. The van der Waals surface area contributed by atoms with Gasteiger partial charge in [-0.15, -0.1) is 0 Å². The van der Waals surface area contributed by atoms with Gasteiger partial charge in [0.05, 0.1) is 12.2 Å². The molecule has 2 aliphatic rings. The van der Waals surface area contributed by atoms with Gasteiger partial charge in [-0.1, -0.05) is 6.07 Å². The molecule has 150 valence electrons. The molecule has 29 heavy (non-hydrogen) atoms. The number of fused-ring (bicyclic) bond motifs is 1. The summed E-state index contributed by atoms with van der Waals surface area (Å²) in [6, 6.07) is 5.98. The van der Waals surface area contributed by atoms with Crippen LogP contribution in [0.2, 0.25) is 0 Å². The largest absolute Gasteiger partial charge is 0.337 e. The molecule has 5 rings (SSSR count). The van der Waals surface area contributed by atoms with Crippen LogP contribution >= 0.6 is 0 Å². The highest BCUT2D eigenvalue weighted by Gasteiger charge is 2.30. The molecule has 1 amide bonds. The first kappa shape index (κ1) is 18.1. The lowest BCUT2D eigenvalue weighted by molar-refractivity contribution is 0.0703. The highest BCUT2D eigenvalue weighted by Crippen LogP contribution is 2.29. The Balaban J connectivity index is 1.25. The minimum absolute atomic E-state index is 0.0830. The number of hydrogen-bond acceptors (Lipinski definition) is 4. The summed E-state index contributed by atoms with van der Waals surface area (Å²) in [6.45, 7) is 2.23.